The van der Waals surface area contributed by atoms with E-state index in [9.17, 15) is 13.8 Å². The molecule has 0 unspecified atom stereocenters. The van der Waals surface area contributed by atoms with Gasteiger partial charge in [-0.3, -0.25) is 19.2 Å². The molecule has 3 aliphatic rings. The third-order valence-corrected chi connectivity index (χ3v) is 12.6. The molecule has 2 aromatic heterocycles. The van der Waals surface area contributed by atoms with Gasteiger partial charge in [0.2, 0.25) is 5.91 Å². The number of aromatic nitrogens is 3. The molecule has 0 saturated carbocycles. The SMILES string of the molecule is CCOP(=O)(CC(=O)N1C[C@@H](F)[C@H](N(C)c2nc(OC[C@@]34CCCN3C[C@H](F)C4)nc3c(F)c(-c4cccc5cccc(Cl)c45)ncc23)C1)OCC. The van der Waals surface area contributed by atoms with Crippen LogP contribution in [0.15, 0.2) is 42.6 Å². The summed E-state index contributed by atoms with van der Waals surface area (Å²) in [6, 6.07) is 9.72. The minimum absolute atomic E-state index is 0.00936. The van der Waals surface area contributed by atoms with Crippen LogP contribution < -0.4 is 9.64 Å². The van der Waals surface area contributed by atoms with Crippen LogP contribution in [0.3, 0.4) is 0 Å². The second-order valence-corrected chi connectivity index (χ2v) is 16.1. The number of hydrogen-bond donors (Lipinski definition) is 0. The Balaban J connectivity index is 1.26. The van der Waals surface area contributed by atoms with Crippen molar-refractivity contribution in [3.8, 4) is 17.3 Å². The number of alkyl halides is 2. The monoisotopic (exact) mass is 760 g/mol. The number of hydrogen-bond acceptors (Lipinski definition) is 10. The van der Waals surface area contributed by atoms with E-state index in [4.69, 9.17) is 25.4 Å². The van der Waals surface area contributed by atoms with Crippen LogP contribution in [0.5, 0.6) is 6.01 Å². The Morgan fingerprint density at radius 3 is 2.60 bits per heavy atom. The fraction of sp³-hybridized carbons (Fsp3) is 0.500. The Hall–Kier alpha value is -3.55. The summed E-state index contributed by atoms with van der Waals surface area (Å²) in [6.07, 6.45) is 0.349. The standard InChI is InChI=1S/C36H41ClF3N6O5P/c1-4-50-52(48,51-5-2)20-29(47)45-18-27(39)28(19-45)44(3)34-25-16-41-32(24-11-6-9-22-10-7-12-26(37)30(22)24)31(40)33(25)42-35(43-34)49-21-36-13-8-14-46(36)17-23(38)15-36/h6-7,9-12,16,23,27-28H,4-5,8,13-15,17-21H2,1-3H3/t23-,27-,28-,36+/m1/s1. The van der Waals surface area contributed by atoms with Crippen LogP contribution in [-0.4, -0.2) is 114 Å². The fourth-order valence-electron chi connectivity index (χ4n) is 7.94. The third-order valence-electron chi connectivity index (χ3n) is 10.4. The first-order valence-electron chi connectivity index (χ1n) is 17.5. The van der Waals surface area contributed by atoms with Crippen molar-refractivity contribution in [1.29, 1.82) is 0 Å². The van der Waals surface area contributed by atoms with E-state index in [0.717, 1.165) is 24.8 Å². The fourth-order valence-corrected chi connectivity index (χ4v) is 9.80. The lowest BCUT2D eigenvalue weighted by molar-refractivity contribution is -0.127. The van der Waals surface area contributed by atoms with Gasteiger partial charge in [0.05, 0.1) is 36.7 Å². The number of fused-ring (bicyclic) bond motifs is 3. The van der Waals surface area contributed by atoms with Crippen LogP contribution in [0.25, 0.3) is 32.9 Å². The molecule has 3 saturated heterocycles. The van der Waals surface area contributed by atoms with Crippen molar-refractivity contribution in [2.24, 2.45) is 0 Å². The molecule has 16 heteroatoms. The average molecular weight is 761 g/mol. The average Bonchev–Trinajstić information content (AvgIpc) is 3.78. The second kappa shape index (κ2) is 14.7. The largest absolute Gasteiger partial charge is 0.461 e. The first-order chi connectivity index (χ1) is 25.0. The van der Waals surface area contributed by atoms with Crippen LogP contribution in [-0.2, 0) is 18.4 Å². The van der Waals surface area contributed by atoms with E-state index >= 15 is 8.78 Å². The minimum Gasteiger partial charge on any atom is -0.461 e. The molecule has 0 bridgehead atoms. The Morgan fingerprint density at radius 1 is 1.10 bits per heavy atom. The van der Waals surface area contributed by atoms with Crippen LogP contribution in [0.2, 0.25) is 5.02 Å². The molecule has 2 aromatic carbocycles. The summed E-state index contributed by atoms with van der Waals surface area (Å²) in [7, 11) is -2.12. The van der Waals surface area contributed by atoms with E-state index in [0.29, 0.717) is 28.9 Å². The van der Waals surface area contributed by atoms with Gasteiger partial charge in [0.1, 0.15) is 42.1 Å². The van der Waals surface area contributed by atoms with Gasteiger partial charge in [-0.15, -0.1) is 0 Å². The van der Waals surface area contributed by atoms with Crippen molar-refractivity contribution in [2.75, 3.05) is 64.1 Å². The number of amides is 1. The Labute approximate surface area is 304 Å². The summed E-state index contributed by atoms with van der Waals surface area (Å²) in [5.41, 5.74) is -0.157. The number of carbonyl (C=O) groups is 1. The van der Waals surface area contributed by atoms with Gasteiger partial charge in [-0.25, -0.2) is 13.2 Å². The number of likely N-dealkylation sites (N-methyl/N-ethyl adjacent to an activating group) is 1. The van der Waals surface area contributed by atoms with Crippen molar-refractivity contribution < 1.29 is 36.3 Å². The van der Waals surface area contributed by atoms with Crippen LogP contribution in [0.1, 0.15) is 33.1 Å². The molecule has 52 heavy (non-hydrogen) atoms. The van der Waals surface area contributed by atoms with Crippen LogP contribution in [0.4, 0.5) is 19.0 Å². The van der Waals surface area contributed by atoms with Crippen LogP contribution in [0, 0.1) is 5.82 Å². The quantitative estimate of drug-likeness (QED) is 0.142. The summed E-state index contributed by atoms with van der Waals surface area (Å²) in [6.45, 7) is 4.29. The van der Waals surface area contributed by atoms with Crippen LogP contribution >= 0.6 is 19.2 Å². The molecule has 0 N–H and O–H groups in total. The van der Waals surface area contributed by atoms with E-state index in [1.54, 1.807) is 39.1 Å². The smallest absolute Gasteiger partial charge is 0.340 e. The molecule has 11 nitrogen and oxygen atoms in total. The summed E-state index contributed by atoms with van der Waals surface area (Å²) < 4.78 is 77.1. The van der Waals surface area contributed by atoms with Gasteiger partial charge in [-0.05, 0) is 44.7 Å². The number of carbonyl (C=O) groups excluding carboxylic acids is 1. The van der Waals surface area contributed by atoms with E-state index in [2.05, 4.69) is 19.9 Å². The van der Waals surface area contributed by atoms with Crippen molar-refractivity contribution >= 4 is 52.6 Å². The van der Waals surface area contributed by atoms with Gasteiger partial charge >= 0.3 is 13.6 Å². The highest BCUT2D eigenvalue weighted by atomic mass is 35.5. The molecule has 7 rings (SSSR count). The predicted molar refractivity (Wildman–Crippen MR) is 193 cm³/mol. The van der Waals surface area contributed by atoms with Gasteiger partial charge in [0, 0.05) is 48.7 Å². The summed E-state index contributed by atoms with van der Waals surface area (Å²) in [5.74, 6) is -1.19. The summed E-state index contributed by atoms with van der Waals surface area (Å²) >= 11 is 6.59. The number of likely N-dealkylation sites (tertiary alicyclic amines) is 1. The number of ether oxygens (including phenoxy) is 1. The topological polar surface area (TPSA) is 110 Å². The zero-order valence-electron chi connectivity index (χ0n) is 29.2. The van der Waals surface area contributed by atoms with Crippen molar-refractivity contribution in [1.82, 2.24) is 24.8 Å². The maximum absolute atomic E-state index is 16.8. The van der Waals surface area contributed by atoms with Gasteiger partial charge in [-0.2, -0.15) is 9.97 Å². The van der Waals surface area contributed by atoms with Crippen molar-refractivity contribution in [2.45, 2.75) is 57.0 Å². The van der Waals surface area contributed by atoms with Crippen molar-refractivity contribution in [3.05, 3.63) is 53.4 Å². The molecule has 5 heterocycles. The van der Waals surface area contributed by atoms with Gasteiger partial charge in [0.15, 0.2) is 5.82 Å². The van der Waals surface area contributed by atoms with Gasteiger partial charge in [0.25, 0.3) is 0 Å². The van der Waals surface area contributed by atoms with E-state index < -0.39 is 49.4 Å². The van der Waals surface area contributed by atoms with Gasteiger partial charge in [-0.1, -0.05) is 41.9 Å². The molecule has 4 aromatic rings. The number of rotatable bonds is 12. The zero-order valence-corrected chi connectivity index (χ0v) is 30.9. The molecule has 278 valence electrons. The lowest BCUT2D eigenvalue weighted by atomic mass is 9.95. The predicted octanol–water partition coefficient (Wildman–Crippen LogP) is 6.84. The number of anilines is 1. The second-order valence-electron chi connectivity index (χ2n) is 13.6. The lowest BCUT2D eigenvalue weighted by Gasteiger charge is -2.31. The summed E-state index contributed by atoms with van der Waals surface area (Å²) in [5, 5.41) is 2.05. The van der Waals surface area contributed by atoms with E-state index in [1.807, 2.05) is 18.2 Å². The maximum atomic E-state index is 16.8. The molecule has 3 fully saturated rings. The Bertz CT molecular complexity index is 2030. The number of benzene rings is 2. The molecule has 0 radical (unpaired) electrons. The number of pyridine rings is 1. The highest BCUT2D eigenvalue weighted by molar-refractivity contribution is 7.54. The summed E-state index contributed by atoms with van der Waals surface area (Å²) in [4.78, 5) is 31.8. The highest BCUT2D eigenvalue weighted by Gasteiger charge is 2.49. The molecule has 0 aliphatic carbocycles. The Morgan fingerprint density at radius 2 is 1.85 bits per heavy atom. The van der Waals surface area contributed by atoms with E-state index in [1.165, 1.54) is 16.0 Å². The van der Waals surface area contributed by atoms with E-state index in [-0.39, 0.29) is 61.3 Å². The zero-order chi connectivity index (χ0) is 36.8. The maximum Gasteiger partial charge on any atom is 0.340 e. The third kappa shape index (κ3) is 6.84. The molecule has 3 aliphatic heterocycles. The molecule has 4 atom stereocenters. The molecular weight excluding hydrogens is 720 g/mol. The lowest BCUT2D eigenvalue weighted by Crippen LogP contribution is -2.43. The molecule has 1 amide bonds. The van der Waals surface area contributed by atoms with Gasteiger partial charge < -0.3 is 23.6 Å². The normalized spacial score (nSPS) is 23.5. The minimum atomic E-state index is -3.72. The number of nitrogens with zero attached hydrogens (tertiary/aromatic N) is 6. The van der Waals surface area contributed by atoms with Crippen molar-refractivity contribution in [3.63, 3.8) is 0 Å². The molecular formula is C36H41ClF3N6O5P. The molecule has 0 spiro atoms. The Kier molecular flexibility index (Phi) is 10.4. The number of halogens is 4. The first-order valence-corrected chi connectivity index (χ1v) is 19.6. The first kappa shape index (κ1) is 36.8. The highest BCUT2D eigenvalue weighted by Crippen LogP contribution is 2.48.